The van der Waals surface area contributed by atoms with Crippen LogP contribution in [-0.4, -0.2) is 50.8 Å². The van der Waals surface area contributed by atoms with Gasteiger partial charge in [-0.1, -0.05) is 6.07 Å². The van der Waals surface area contributed by atoms with E-state index in [1.165, 1.54) is 11.2 Å². The van der Waals surface area contributed by atoms with Crippen molar-refractivity contribution in [2.75, 3.05) is 30.4 Å². The summed E-state index contributed by atoms with van der Waals surface area (Å²) in [7, 11) is -2.13. The van der Waals surface area contributed by atoms with E-state index in [0.29, 0.717) is 30.7 Å². The molecular weight excluding hydrogens is 454 g/mol. The Bertz CT molecular complexity index is 1220. The lowest BCUT2D eigenvalue weighted by Gasteiger charge is -2.30. The van der Waals surface area contributed by atoms with Crippen LogP contribution in [0.4, 0.5) is 11.4 Å². The molecule has 0 radical (unpaired) electrons. The van der Waals surface area contributed by atoms with Crippen LogP contribution in [0.2, 0.25) is 0 Å². The van der Waals surface area contributed by atoms with Crippen molar-refractivity contribution in [3.05, 3.63) is 47.5 Å². The van der Waals surface area contributed by atoms with Crippen LogP contribution in [0, 0.1) is 12.8 Å². The Morgan fingerprint density at radius 1 is 1.09 bits per heavy atom. The second kappa shape index (κ2) is 9.38. The van der Waals surface area contributed by atoms with Crippen molar-refractivity contribution in [2.24, 2.45) is 5.92 Å². The zero-order valence-corrected chi connectivity index (χ0v) is 20.8. The first-order valence-corrected chi connectivity index (χ1v) is 12.9. The van der Waals surface area contributed by atoms with Gasteiger partial charge in [-0.25, -0.2) is 8.42 Å². The van der Waals surface area contributed by atoms with Crippen LogP contribution in [-0.2, 0) is 26.0 Å². The van der Waals surface area contributed by atoms with E-state index >= 15 is 0 Å². The molecular formula is C25H31N3O5S. The number of fused-ring (bicyclic) bond motifs is 1. The molecule has 0 spiro atoms. The predicted octanol–water partition coefficient (Wildman–Crippen LogP) is 3.34. The first-order valence-electron chi connectivity index (χ1n) is 11.5. The second-order valence-corrected chi connectivity index (χ2v) is 11.0. The minimum absolute atomic E-state index is 0.00624. The zero-order chi connectivity index (χ0) is 24.6. The predicted molar refractivity (Wildman–Crippen MR) is 131 cm³/mol. The molecule has 2 heterocycles. The number of piperidine rings is 1. The number of hydrogen-bond acceptors (Lipinski definition) is 5. The Hall–Kier alpha value is -2.91. The van der Waals surface area contributed by atoms with E-state index in [1.807, 2.05) is 32.0 Å². The largest absolute Gasteiger partial charge is 0.495 e. The third kappa shape index (κ3) is 4.54. The molecule has 0 saturated carbocycles. The number of ether oxygens (including phenoxy) is 1. The highest BCUT2D eigenvalue weighted by Crippen LogP contribution is 2.35. The number of anilines is 2. The number of carbonyl (C=O) groups is 2. The lowest BCUT2D eigenvalue weighted by molar-refractivity contribution is -0.121. The van der Waals surface area contributed by atoms with Gasteiger partial charge in [0, 0.05) is 37.7 Å². The minimum Gasteiger partial charge on any atom is -0.495 e. The number of carbonyl (C=O) groups excluding carboxylic acids is 2. The number of benzene rings is 2. The number of methoxy groups -OCH3 is 1. The maximum atomic E-state index is 13.3. The fraction of sp³-hybridized carbons (Fsp3) is 0.440. The van der Waals surface area contributed by atoms with E-state index in [1.54, 1.807) is 30.2 Å². The third-order valence-electron chi connectivity index (χ3n) is 6.68. The normalized spacial score (nSPS) is 19.1. The molecule has 1 atom stereocenters. The topological polar surface area (TPSA) is 96.0 Å². The summed E-state index contributed by atoms with van der Waals surface area (Å²) in [5.74, 6) is 0.136. The van der Waals surface area contributed by atoms with Crippen LogP contribution in [0.15, 0.2) is 41.3 Å². The fourth-order valence-corrected chi connectivity index (χ4v) is 6.43. The van der Waals surface area contributed by atoms with E-state index in [4.69, 9.17) is 4.74 Å². The van der Waals surface area contributed by atoms with Gasteiger partial charge in [-0.05, 0) is 74.6 Å². The highest BCUT2D eigenvalue weighted by Gasteiger charge is 2.34. The van der Waals surface area contributed by atoms with Gasteiger partial charge in [0.2, 0.25) is 21.8 Å². The first-order chi connectivity index (χ1) is 16.1. The number of nitrogens with one attached hydrogen (secondary N) is 1. The van der Waals surface area contributed by atoms with E-state index in [-0.39, 0.29) is 41.8 Å². The van der Waals surface area contributed by atoms with Crippen molar-refractivity contribution in [2.45, 2.75) is 51.0 Å². The molecule has 8 nitrogen and oxygen atoms in total. The molecule has 0 aliphatic carbocycles. The number of rotatable bonds is 5. The fourth-order valence-electron chi connectivity index (χ4n) is 4.91. The SMILES string of the molecule is COc1ccc(C)cc1NC(=O)C1CCN(S(=O)(=O)c2ccc3c(c2)CC(C)N3C(C)=O)CC1. The molecule has 0 aromatic heterocycles. The van der Waals surface area contributed by atoms with Gasteiger partial charge < -0.3 is 15.0 Å². The monoisotopic (exact) mass is 485 g/mol. The van der Waals surface area contributed by atoms with Crippen molar-refractivity contribution in [3.63, 3.8) is 0 Å². The Morgan fingerprint density at radius 3 is 2.44 bits per heavy atom. The summed E-state index contributed by atoms with van der Waals surface area (Å²) in [5.41, 5.74) is 3.27. The third-order valence-corrected chi connectivity index (χ3v) is 8.58. The average Bonchev–Trinajstić information content (AvgIpc) is 3.14. The van der Waals surface area contributed by atoms with Crippen LogP contribution in [0.3, 0.4) is 0 Å². The van der Waals surface area contributed by atoms with Gasteiger partial charge >= 0.3 is 0 Å². The summed E-state index contributed by atoms with van der Waals surface area (Å²) in [4.78, 5) is 26.8. The summed E-state index contributed by atoms with van der Waals surface area (Å²) in [6.07, 6.45) is 1.52. The van der Waals surface area contributed by atoms with Crippen molar-refractivity contribution in [1.82, 2.24) is 4.31 Å². The standard InChI is InChI=1S/C25H31N3O5S/c1-16-5-8-24(33-4)22(13-16)26-25(30)19-9-11-27(12-10-19)34(31,32)21-6-7-23-20(15-21)14-17(2)28(23)18(3)29/h5-8,13,15,17,19H,9-12,14H2,1-4H3,(H,26,30). The zero-order valence-electron chi connectivity index (χ0n) is 20.0. The van der Waals surface area contributed by atoms with Gasteiger partial charge in [-0.3, -0.25) is 9.59 Å². The van der Waals surface area contributed by atoms with Crippen LogP contribution >= 0.6 is 0 Å². The van der Waals surface area contributed by atoms with Gasteiger partial charge in [-0.2, -0.15) is 4.31 Å². The summed E-state index contributed by atoms with van der Waals surface area (Å²) in [6.45, 7) is 5.97. The Kier molecular flexibility index (Phi) is 6.69. The van der Waals surface area contributed by atoms with Crippen molar-refractivity contribution >= 4 is 33.2 Å². The van der Waals surface area contributed by atoms with Crippen LogP contribution in [0.1, 0.15) is 37.8 Å². The van der Waals surface area contributed by atoms with Gasteiger partial charge in [0.25, 0.3) is 0 Å². The molecule has 2 aliphatic heterocycles. The second-order valence-electron chi connectivity index (χ2n) is 9.10. The van der Waals surface area contributed by atoms with E-state index in [2.05, 4.69) is 5.32 Å². The van der Waals surface area contributed by atoms with E-state index in [9.17, 15) is 18.0 Å². The van der Waals surface area contributed by atoms with E-state index in [0.717, 1.165) is 16.8 Å². The van der Waals surface area contributed by atoms with Crippen LogP contribution in [0.5, 0.6) is 5.75 Å². The van der Waals surface area contributed by atoms with Crippen molar-refractivity contribution < 1.29 is 22.7 Å². The van der Waals surface area contributed by atoms with Crippen molar-refractivity contribution in [3.8, 4) is 5.75 Å². The molecule has 0 bridgehead atoms. The molecule has 34 heavy (non-hydrogen) atoms. The molecule has 182 valence electrons. The lowest BCUT2D eigenvalue weighted by Crippen LogP contribution is -2.41. The number of nitrogens with zero attached hydrogens (tertiary/aromatic N) is 2. The quantitative estimate of drug-likeness (QED) is 0.701. The summed E-state index contributed by atoms with van der Waals surface area (Å²) in [6, 6.07) is 10.6. The highest BCUT2D eigenvalue weighted by atomic mass is 32.2. The average molecular weight is 486 g/mol. The summed E-state index contributed by atoms with van der Waals surface area (Å²) in [5, 5.41) is 2.94. The van der Waals surface area contributed by atoms with E-state index < -0.39 is 10.0 Å². The van der Waals surface area contributed by atoms with Crippen molar-refractivity contribution in [1.29, 1.82) is 0 Å². The van der Waals surface area contributed by atoms with Gasteiger partial charge in [0.05, 0.1) is 17.7 Å². The molecule has 1 fully saturated rings. The lowest BCUT2D eigenvalue weighted by atomic mass is 9.97. The molecule has 2 aliphatic rings. The Labute approximate surface area is 200 Å². The Morgan fingerprint density at radius 2 is 1.79 bits per heavy atom. The number of aryl methyl sites for hydroxylation is 1. The first kappa shape index (κ1) is 24.2. The Balaban J connectivity index is 1.43. The molecule has 1 saturated heterocycles. The maximum Gasteiger partial charge on any atom is 0.243 e. The molecule has 1 unspecified atom stereocenters. The molecule has 2 amide bonds. The van der Waals surface area contributed by atoms with Gasteiger partial charge in [-0.15, -0.1) is 0 Å². The number of amides is 2. The van der Waals surface area contributed by atoms with Crippen LogP contribution < -0.4 is 15.0 Å². The maximum absolute atomic E-state index is 13.3. The van der Waals surface area contributed by atoms with Crippen LogP contribution in [0.25, 0.3) is 0 Å². The highest BCUT2D eigenvalue weighted by molar-refractivity contribution is 7.89. The molecule has 2 aromatic rings. The molecule has 4 rings (SSSR count). The van der Waals surface area contributed by atoms with Gasteiger partial charge in [0.1, 0.15) is 5.75 Å². The molecule has 1 N–H and O–H groups in total. The summed E-state index contributed by atoms with van der Waals surface area (Å²) < 4.78 is 33.4. The summed E-state index contributed by atoms with van der Waals surface area (Å²) >= 11 is 0. The molecule has 9 heteroatoms. The van der Waals surface area contributed by atoms with Gasteiger partial charge in [0.15, 0.2) is 0 Å². The number of hydrogen-bond donors (Lipinski definition) is 1. The molecule has 2 aromatic carbocycles. The minimum atomic E-state index is -3.68. The number of sulfonamides is 1. The smallest absolute Gasteiger partial charge is 0.243 e.